The number of hydrogen-bond acceptors (Lipinski definition) is 2. The van der Waals surface area contributed by atoms with Crippen LogP contribution in [0.4, 0.5) is 0 Å². The van der Waals surface area contributed by atoms with E-state index in [1.807, 2.05) is 13.8 Å². The summed E-state index contributed by atoms with van der Waals surface area (Å²) in [5.74, 6) is 1.96. The second-order valence-electron chi connectivity index (χ2n) is 4.21. The third-order valence-corrected chi connectivity index (χ3v) is 2.86. The summed E-state index contributed by atoms with van der Waals surface area (Å²) in [5.41, 5.74) is 0. The minimum Gasteiger partial charge on any atom is -0.316 e. The van der Waals surface area contributed by atoms with Crippen LogP contribution in [0.2, 0.25) is 0 Å². The molecule has 0 aromatic rings. The predicted octanol–water partition coefficient (Wildman–Crippen LogP) is 2.65. The van der Waals surface area contributed by atoms with Crippen molar-refractivity contribution in [2.75, 3.05) is 26.2 Å². The van der Waals surface area contributed by atoms with Crippen molar-refractivity contribution in [3.8, 4) is 0 Å². The first kappa shape index (κ1) is 14.9. The van der Waals surface area contributed by atoms with E-state index in [9.17, 15) is 0 Å². The Morgan fingerprint density at radius 1 is 0.867 bits per heavy atom. The van der Waals surface area contributed by atoms with Crippen LogP contribution < -0.4 is 10.6 Å². The first-order valence-electron chi connectivity index (χ1n) is 6.79. The molecule has 0 spiro atoms. The zero-order valence-electron chi connectivity index (χ0n) is 11.1. The van der Waals surface area contributed by atoms with E-state index in [-0.39, 0.29) is 0 Å². The topological polar surface area (TPSA) is 24.1 Å². The Bertz CT molecular complexity index is 99.7. The maximum atomic E-state index is 3.46. The minimum absolute atomic E-state index is 0.981. The van der Waals surface area contributed by atoms with E-state index in [0.717, 1.165) is 11.8 Å². The second kappa shape index (κ2) is 10.4. The molecule has 2 aliphatic rings. The lowest BCUT2D eigenvalue weighted by molar-refractivity contribution is 0.200. The Balaban J connectivity index is 0.000000342. The average Bonchev–Trinajstić information content (AvgIpc) is 2.33. The van der Waals surface area contributed by atoms with E-state index >= 15 is 0 Å². The molecular formula is C13H30N2. The van der Waals surface area contributed by atoms with Crippen LogP contribution in [-0.4, -0.2) is 26.2 Å². The molecule has 2 atom stereocenters. The Labute approximate surface area is 96.2 Å². The summed E-state index contributed by atoms with van der Waals surface area (Å²) in [6.07, 6.45) is 4.02. The van der Waals surface area contributed by atoms with Crippen molar-refractivity contribution < 1.29 is 0 Å². The van der Waals surface area contributed by atoms with Gasteiger partial charge >= 0.3 is 0 Å². The van der Waals surface area contributed by atoms with E-state index in [1.54, 1.807) is 0 Å². The summed E-state index contributed by atoms with van der Waals surface area (Å²) in [7, 11) is 0. The van der Waals surface area contributed by atoms with Gasteiger partial charge in [0, 0.05) is 0 Å². The number of rotatable bonds is 0. The summed E-state index contributed by atoms with van der Waals surface area (Å²) in [4.78, 5) is 0. The Morgan fingerprint density at radius 3 is 1.53 bits per heavy atom. The molecule has 0 saturated carbocycles. The van der Waals surface area contributed by atoms with Gasteiger partial charge in [0.15, 0.2) is 0 Å². The zero-order valence-corrected chi connectivity index (χ0v) is 11.1. The summed E-state index contributed by atoms with van der Waals surface area (Å²) in [6, 6.07) is 0. The highest BCUT2D eigenvalue weighted by Gasteiger charge is 2.26. The molecule has 0 radical (unpaired) electrons. The van der Waals surface area contributed by atoms with Gasteiger partial charge in [-0.1, -0.05) is 34.1 Å². The minimum atomic E-state index is 0.981. The molecule has 2 heterocycles. The Kier molecular flexibility index (Phi) is 10.4. The number of piperidine rings is 2. The molecule has 0 aromatic carbocycles. The molecule has 2 rings (SSSR count). The predicted molar refractivity (Wildman–Crippen MR) is 69.3 cm³/mol. The van der Waals surface area contributed by atoms with Gasteiger partial charge in [0.1, 0.15) is 0 Å². The lowest BCUT2D eigenvalue weighted by Crippen LogP contribution is -2.46. The molecule has 0 bridgehead atoms. The molecule has 2 N–H and O–H groups in total. The van der Waals surface area contributed by atoms with Crippen LogP contribution in [-0.2, 0) is 0 Å². The lowest BCUT2D eigenvalue weighted by atomic mass is 9.82. The summed E-state index contributed by atoms with van der Waals surface area (Å²) in [5, 5.41) is 6.91. The highest BCUT2D eigenvalue weighted by atomic mass is 14.9. The van der Waals surface area contributed by atoms with Crippen molar-refractivity contribution in [3.63, 3.8) is 0 Å². The SMILES string of the molecule is C1CC2CNCCC2CN1.CC.CCC. The van der Waals surface area contributed by atoms with Crippen LogP contribution in [0.5, 0.6) is 0 Å². The highest BCUT2D eigenvalue weighted by Crippen LogP contribution is 2.23. The molecule has 0 aromatic heterocycles. The van der Waals surface area contributed by atoms with E-state index in [0.29, 0.717) is 0 Å². The molecule has 2 nitrogen and oxygen atoms in total. The van der Waals surface area contributed by atoms with Crippen LogP contribution >= 0.6 is 0 Å². The van der Waals surface area contributed by atoms with E-state index in [4.69, 9.17) is 0 Å². The molecule has 2 heteroatoms. The summed E-state index contributed by atoms with van der Waals surface area (Å²) >= 11 is 0. The smallest absolute Gasteiger partial charge is 0.00169 e. The van der Waals surface area contributed by atoms with Crippen molar-refractivity contribution in [1.82, 2.24) is 10.6 Å². The summed E-state index contributed by atoms with van der Waals surface area (Å²) < 4.78 is 0. The largest absolute Gasteiger partial charge is 0.316 e. The Hall–Kier alpha value is -0.0800. The van der Waals surface area contributed by atoms with Gasteiger partial charge in [0.05, 0.1) is 0 Å². The van der Waals surface area contributed by atoms with Crippen molar-refractivity contribution in [2.24, 2.45) is 11.8 Å². The second-order valence-corrected chi connectivity index (χ2v) is 4.21. The van der Waals surface area contributed by atoms with Crippen LogP contribution in [0.3, 0.4) is 0 Å². The van der Waals surface area contributed by atoms with Crippen molar-refractivity contribution in [2.45, 2.75) is 47.0 Å². The van der Waals surface area contributed by atoms with E-state index in [2.05, 4.69) is 24.5 Å². The molecule has 2 fully saturated rings. The fourth-order valence-electron chi connectivity index (χ4n) is 2.16. The molecule has 15 heavy (non-hydrogen) atoms. The third kappa shape index (κ3) is 6.16. The van der Waals surface area contributed by atoms with Gasteiger partial charge in [-0.05, 0) is 50.9 Å². The Morgan fingerprint density at radius 2 is 1.20 bits per heavy atom. The van der Waals surface area contributed by atoms with E-state index in [1.165, 1.54) is 45.4 Å². The highest BCUT2D eigenvalue weighted by molar-refractivity contribution is 4.83. The molecule has 2 unspecified atom stereocenters. The van der Waals surface area contributed by atoms with Gasteiger partial charge < -0.3 is 10.6 Å². The lowest BCUT2D eigenvalue weighted by Gasteiger charge is -2.36. The number of hydrogen-bond donors (Lipinski definition) is 2. The number of nitrogens with one attached hydrogen (secondary N) is 2. The van der Waals surface area contributed by atoms with Gasteiger partial charge in [-0.2, -0.15) is 0 Å². The quantitative estimate of drug-likeness (QED) is 0.648. The fraction of sp³-hybridized carbons (Fsp3) is 1.00. The summed E-state index contributed by atoms with van der Waals surface area (Å²) in [6.45, 7) is 13.3. The monoisotopic (exact) mass is 214 g/mol. The third-order valence-electron chi connectivity index (χ3n) is 2.86. The van der Waals surface area contributed by atoms with E-state index < -0.39 is 0 Å². The average molecular weight is 214 g/mol. The first-order chi connectivity index (χ1) is 7.38. The maximum Gasteiger partial charge on any atom is -0.00169 e. The molecule has 0 aliphatic carbocycles. The maximum absolute atomic E-state index is 3.46. The fourth-order valence-corrected chi connectivity index (χ4v) is 2.16. The van der Waals surface area contributed by atoms with Crippen LogP contribution in [0.25, 0.3) is 0 Å². The van der Waals surface area contributed by atoms with Crippen molar-refractivity contribution in [1.29, 1.82) is 0 Å². The zero-order chi connectivity index (χ0) is 11.5. The van der Waals surface area contributed by atoms with Crippen molar-refractivity contribution >= 4 is 0 Å². The van der Waals surface area contributed by atoms with Crippen molar-refractivity contribution in [3.05, 3.63) is 0 Å². The van der Waals surface area contributed by atoms with Gasteiger partial charge in [0.25, 0.3) is 0 Å². The molecule has 92 valence electrons. The van der Waals surface area contributed by atoms with Gasteiger partial charge in [-0.3, -0.25) is 0 Å². The van der Waals surface area contributed by atoms with Crippen LogP contribution in [0.1, 0.15) is 47.0 Å². The molecule has 2 aliphatic heterocycles. The van der Waals surface area contributed by atoms with Crippen LogP contribution in [0, 0.1) is 11.8 Å². The number of fused-ring (bicyclic) bond motifs is 1. The van der Waals surface area contributed by atoms with Crippen LogP contribution in [0.15, 0.2) is 0 Å². The first-order valence-corrected chi connectivity index (χ1v) is 6.79. The van der Waals surface area contributed by atoms with Gasteiger partial charge in [-0.25, -0.2) is 0 Å². The standard InChI is InChI=1S/C8H16N2.C3H8.C2H6/c1-3-9-6-8-2-4-10-5-7(1)8;1-3-2;1-2/h7-10H,1-6H2;3H2,1-2H3;1-2H3. The molecule has 2 saturated heterocycles. The van der Waals surface area contributed by atoms with Gasteiger partial charge in [0.2, 0.25) is 0 Å². The normalized spacial score (nSPS) is 28.8. The van der Waals surface area contributed by atoms with Gasteiger partial charge in [-0.15, -0.1) is 0 Å². The molecular weight excluding hydrogens is 184 g/mol. The molecule has 0 amide bonds.